The molecule has 0 bridgehead atoms. The molecule has 30 heavy (non-hydrogen) atoms. The number of ether oxygens (including phenoxy) is 2. The average Bonchev–Trinajstić information content (AvgIpc) is 3.09. The maximum Gasteiger partial charge on any atom is 0.305 e. The molecule has 7 heteroatoms. The van der Waals surface area contributed by atoms with Crippen molar-refractivity contribution < 1.29 is 23.5 Å². The first-order valence-corrected chi connectivity index (χ1v) is 9.69. The molecule has 0 atom stereocenters. The summed E-state index contributed by atoms with van der Waals surface area (Å²) in [6.07, 6.45) is 2.93. The van der Waals surface area contributed by atoms with Crippen LogP contribution in [0, 0.1) is 6.92 Å². The molecule has 0 fully saturated rings. The molecule has 1 heterocycles. The third-order valence-electron chi connectivity index (χ3n) is 4.34. The van der Waals surface area contributed by atoms with E-state index in [1.165, 1.54) is 6.08 Å². The first-order valence-electron chi connectivity index (χ1n) is 9.69. The molecule has 0 saturated heterocycles. The van der Waals surface area contributed by atoms with Gasteiger partial charge in [-0.15, -0.1) is 0 Å². The number of hydrogen-bond donors (Lipinski definition) is 2. The number of carbonyl (C=O) groups is 2. The molecule has 156 valence electrons. The third kappa shape index (κ3) is 4.81. The van der Waals surface area contributed by atoms with Gasteiger partial charge in [0.1, 0.15) is 5.58 Å². The van der Waals surface area contributed by atoms with Gasteiger partial charge in [0.05, 0.1) is 13.2 Å². The monoisotopic (exact) mass is 408 g/mol. The molecule has 7 nitrogen and oxygen atoms in total. The highest BCUT2D eigenvalue weighted by Crippen LogP contribution is 2.29. The van der Waals surface area contributed by atoms with Gasteiger partial charge in [-0.2, -0.15) is 0 Å². The number of nitrogens with one attached hydrogen (secondary N) is 2. The molecular weight excluding hydrogens is 384 g/mol. The molecule has 0 saturated carbocycles. The predicted octanol–water partition coefficient (Wildman–Crippen LogP) is 4.01. The highest BCUT2D eigenvalue weighted by Gasteiger charge is 2.17. The van der Waals surface area contributed by atoms with Crippen molar-refractivity contribution in [2.75, 3.05) is 13.2 Å². The zero-order valence-corrected chi connectivity index (χ0v) is 17.2. The number of hydrogen-bond acceptors (Lipinski definition) is 5. The van der Waals surface area contributed by atoms with Gasteiger partial charge in [0.25, 0.3) is 5.91 Å². The first-order chi connectivity index (χ1) is 14.5. The SMILES string of the molecule is CCOc1ccc(/C=C/C(=O)NNC(=O)c2oc3ccccc3c2C)cc1OCC. The lowest BCUT2D eigenvalue weighted by atomic mass is 10.1. The number of benzene rings is 2. The number of fused-ring (bicyclic) bond motifs is 1. The second-order valence-electron chi connectivity index (χ2n) is 6.40. The lowest BCUT2D eigenvalue weighted by Gasteiger charge is -2.11. The van der Waals surface area contributed by atoms with Gasteiger partial charge in [-0.25, -0.2) is 0 Å². The van der Waals surface area contributed by atoms with Gasteiger partial charge < -0.3 is 13.9 Å². The topological polar surface area (TPSA) is 89.8 Å². The summed E-state index contributed by atoms with van der Waals surface area (Å²) >= 11 is 0. The zero-order chi connectivity index (χ0) is 21.5. The van der Waals surface area contributed by atoms with Gasteiger partial charge >= 0.3 is 5.91 Å². The lowest BCUT2D eigenvalue weighted by molar-refractivity contribution is -0.117. The van der Waals surface area contributed by atoms with Gasteiger partial charge in [-0.3, -0.25) is 20.4 Å². The van der Waals surface area contributed by atoms with E-state index in [0.29, 0.717) is 35.9 Å². The summed E-state index contributed by atoms with van der Waals surface area (Å²) in [5, 5.41) is 0.856. The Morgan fingerprint density at radius 3 is 2.47 bits per heavy atom. The van der Waals surface area contributed by atoms with E-state index in [-0.39, 0.29) is 5.76 Å². The quantitative estimate of drug-likeness (QED) is 0.455. The maximum atomic E-state index is 12.4. The van der Waals surface area contributed by atoms with Gasteiger partial charge in [0, 0.05) is 17.0 Å². The minimum atomic E-state index is -0.523. The molecule has 0 aliphatic carbocycles. The van der Waals surface area contributed by atoms with E-state index in [0.717, 1.165) is 10.9 Å². The van der Waals surface area contributed by atoms with Crippen molar-refractivity contribution in [3.8, 4) is 11.5 Å². The second-order valence-corrected chi connectivity index (χ2v) is 6.40. The van der Waals surface area contributed by atoms with Crippen molar-refractivity contribution >= 4 is 28.9 Å². The first kappa shape index (κ1) is 21.0. The number of carbonyl (C=O) groups excluding carboxylic acids is 2. The van der Waals surface area contributed by atoms with Crippen molar-refractivity contribution in [2.45, 2.75) is 20.8 Å². The highest BCUT2D eigenvalue weighted by atomic mass is 16.5. The lowest BCUT2D eigenvalue weighted by Crippen LogP contribution is -2.40. The highest BCUT2D eigenvalue weighted by molar-refractivity contribution is 6.00. The summed E-state index contributed by atoms with van der Waals surface area (Å²) in [6.45, 7) is 6.61. The summed E-state index contributed by atoms with van der Waals surface area (Å²) in [6, 6.07) is 12.8. The number of furan rings is 1. The second kappa shape index (κ2) is 9.65. The zero-order valence-electron chi connectivity index (χ0n) is 17.2. The van der Waals surface area contributed by atoms with Crippen LogP contribution in [0.5, 0.6) is 11.5 Å². The van der Waals surface area contributed by atoms with E-state index in [2.05, 4.69) is 10.9 Å². The number of rotatable bonds is 7. The van der Waals surface area contributed by atoms with Crippen molar-refractivity contribution in [3.63, 3.8) is 0 Å². The van der Waals surface area contributed by atoms with Crippen molar-refractivity contribution in [3.05, 3.63) is 65.4 Å². The van der Waals surface area contributed by atoms with E-state index < -0.39 is 11.8 Å². The van der Waals surface area contributed by atoms with Crippen molar-refractivity contribution in [1.29, 1.82) is 0 Å². The molecule has 0 unspecified atom stereocenters. The molecule has 3 aromatic rings. The summed E-state index contributed by atoms with van der Waals surface area (Å²) < 4.78 is 16.7. The van der Waals surface area contributed by atoms with Gasteiger partial charge in [0.15, 0.2) is 17.3 Å². The number of hydrazine groups is 1. The third-order valence-corrected chi connectivity index (χ3v) is 4.34. The predicted molar refractivity (Wildman–Crippen MR) is 114 cm³/mol. The molecule has 1 aromatic heterocycles. The van der Waals surface area contributed by atoms with Gasteiger partial charge in [-0.05, 0) is 50.6 Å². The molecule has 0 aliphatic heterocycles. The fraction of sp³-hybridized carbons (Fsp3) is 0.217. The molecule has 3 rings (SSSR count). The van der Waals surface area contributed by atoms with Gasteiger partial charge in [0.2, 0.25) is 0 Å². The van der Waals surface area contributed by atoms with Crippen LogP contribution in [0.4, 0.5) is 0 Å². The molecule has 2 N–H and O–H groups in total. The van der Waals surface area contributed by atoms with Crippen LogP contribution in [0.3, 0.4) is 0 Å². The Hall–Kier alpha value is -3.74. The van der Waals surface area contributed by atoms with Gasteiger partial charge in [-0.1, -0.05) is 24.3 Å². The Morgan fingerprint density at radius 2 is 1.73 bits per heavy atom. The van der Waals surface area contributed by atoms with E-state index in [1.807, 2.05) is 38.1 Å². The Kier molecular flexibility index (Phi) is 6.75. The van der Waals surface area contributed by atoms with Crippen LogP contribution in [0.25, 0.3) is 17.0 Å². The maximum absolute atomic E-state index is 12.4. The van der Waals surface area contributed by atoms with E-state index in [4.69, 9.17) is 13.9 Å². The summed E-state index contributed by atoms with van der Waals surface area (Å²) in [5.74, 6) is 0.410. The molecule has 0 spiro atoms. The van der Waals surface area contributed by atoms with E-state index >= 15 is 0 Å². The van der Waals surface area contributed by atoms with E-state index in [9.17, 15) is 9.59 Å². The molecule has 2 amide bonds. The average molecular weight is 408 g/mol. The van der Waals surface area contributed by atoms with E-state index in [1.54, 1.807) is 31.2 Å². The molecule has 0 aliphatic rings. The normalized spacial score (nSPS) is 10.9. The summed E-state index contributed by atoms with van der Waals surface area (Å²) in [4.78, 5) is 24.4. The molecule has 2 aromatic carbocycles. The Morgan fingerprint density at radius 1 is 1.00 bits per heavy atom. The standard InChI is InChI=1S/C23H24N2O5/c1-4-28-19-12-10-16(14-20(19)29-5-2)11-13-21(26)24-25-23(27)22-15(3)17-8-6-7-9-18(17)30-22/h6-14H,4-5H2,1-3H3,(H,24,26)(H,25,27)/b13-11+. The van der Waals surface area contributed by atoms with Crippen LogP contribution in [-0.4, -0.2) is 25.0 Å². The van der Waals surface area contributed by atoms with Crippen molar-refractivity contribution in [2.24, 2.45) is 0 Å². The Balaban J connectivity index is 1.62. The number of para-hydroxylation sites is 1. The minimum Gasteiger partial charge on any atom is -0.490 e. The van der Waals surface area contributed by atoms with Crippen LogP contribution in [0.2, 0.25) is 0 Å². The van der Waals surface area contributed by atoms with Crippen LogP contribution in [-0.2, 0) is 4.79 Å². The molecular formula is C23H24N2O5. The Labute approximate surface area is 174 Å². The van der Waals surface area contributed by atoms with Crippen LogP contribution >= 0.6 is 0 Å². The van der Waals surface area contributed by atoms with Crippen LogP contribution < -0.4 is 20.3 Å². The van der Waals surface area contributed by atoms with Crippen molar-refractivity contribution in [1.82, 2.24) is 10.9 Å². The smallest absolute Gasteiger partial charge is 0.305 e. The number of aryl methyl sites for hydroxylation is 1. The van der Waals surface area contributed by atoms with Crippen LogP contribution in [0.15, 0.2) is 53.0 Å². The summed E-state index contributed by atoms with van der Waals surface area (Å²) in [7, 11) is 0. The minimum absolute atomic E-state index is 0.161. The number of amides is 2. The van der Waals surface area contributed by atoms with Crippen LogP contribution in [0.1, 0.15) is 35.5 Å². The Bertz CT molecular complexity index is 1080. The summed E-state index contributed by atoms with van der Waals surface area (Å²) in [5.41, 5.74) is 6.81. The fourth-order valence-electron chi connectivity index (χ4n) is 2.95. The fourth-order valence-corrected chi connectivity index (χ4v) is 2.95. The molecule has 0 radical (unpaired) electrons. The largest absolute Gasteiger partial charge is 0.490 e.